The molecule has 0 aliphatic carbocycles. The number of aromatic nitrogens is 3. The van der Waals surface area contributed by atoms with Crippen molar-refractivity contribution in [1.29, 1.82) is 0 Å². The quantitative estimate of drug-likeness (QED) is 0.101. The van der Waals surface area contributed by atoms with Gasteiger partial charge in [-0.3, -0.25) is 0 Å². The molecule has 5 nitrogen and oxygen atoms in total. The molecule has 0 spiro atoms. The molecule has 0 bridgehead atoms. The molecule has 0 saturated carbocycles. The predicted molar refractivity (Wildman–Crippen MR) is 174 cm³/mol. The Morgan fingerprint density at radius 2 is 1.36 bits per heavy atom. The molecule has 0 aliphatic rings. The molecule has 0 atom stereocenters. The maximum absolute atomic E-state index is 5.66. The minimum absolute atomic E-state index is 0.0585. The molecule has 0 radical (unpaired) electrons. The van der Waals surface area contributed by atoms with Crippen molar-refractivity contribution in [3.05, 3.63) is 120 Å². The standard InChI is InChI=1S/C19H13N.C15H15Cl3N2O2/c1-2-8-14(9-3-1)19-15-10-4-6-12-17(15)20-18-13-7-5-11-16(18)19;1-2-3-10-21-12-7-4-11(5-8-12)6-9-13-19-20-14(22-13)15(16,17)18/h1-13H;4-9H,2-3,10H2,1H3. The van der Waals surface area contributed by atoms with E-state index in [0.717, 1.165) is 41.8 Å². The van der Waals surface area contributed by atoms with Crippen LogP contribution in [0.1, 0.15) is 37.1 Å². The molecule has 0 unspecified atom stereocenters. The number of benzene rings is 4. The van der Waals surface area contributed by atoms with Gasteiger partial charge in [0.05, 0.1) is 17.6 Å². The molecule has 0 N–H and O–H groups in total. The van der Waals surface area contributed by atoms with Gasteiger partial charge in [-0.2, -0.15) is 0 Å². The van der Waals surface area contributed by atoms with Gasteiger partial charge in [0.1, 0.15) is 5.75 Å². The summed E-state index contributed by atoms with van der Waals surface area (Å²) >= 11 is 17.0. The summed E-state index contributed by atoms with van der Waals surface area (Å²) < 4.78 is 9.11. The first-order valence-electron chi connectivity index (χ1n) is 13.6. The average Bonchev–Trinajstić information content (AvgIpc) is 3.51. The molecule has 42 heavy (non-hydrogen) atoms. The van der Waals surface area contributed by atoms with Crippen molar-refractivity contribution >= 4 is 68.8 Å². The maximum atomic E-state index is 5.66. The molecule has 2 aromatic heterocycles. The summed E-state index contributed by atoms with van der Waals surface area (Å²) in [7, 11) is 0. The van der Waals surface area contributed by atoms with Crippen molar-refractivity contribution in [2.24, 2.45) is 0 Å². The fourth-order valence-electron chi connectivity index (χ4n) is 4.35. The van der Waals surface area contributed by atoms with Crippen molar-refractivity contribution in [2.75, 3.05) is 6.61 Å². The number of rotatable bonds is 7. The number of unbranched alkanes of at least 4 members (excludes halogenated alkanes) is 1. The van der Waals surface area contributed by atoms with E-state index in [1.807, 2.05) is 42.5 Å². The van der Waals surface area contributed by atoms with Crippen LogP contribution in [0.5, 0.6) is 5.75 Å². The Labute approximate surface area is 259 Å². The van der Waals surface area contributed by atoms with E-state index in [4.69, 9.17) is 48.9 Å². The van der Waals surface area contributed by atoms with E-state index < -0.39 is 3.79 Å². The predicted octanol–water partition coefficient (Wildman–Crippen LogP) is 10.3. The van der Waals surface area contributed by atoms with Crippen LogP contribution in [0.2, 0.25) is 0 Å². The maximum Gasteiger partial charge on any atom is 0.268 e. The van der Waals surface area contributed by atoms with E-state index in [1.54, 1.807) is 6.08 Å². The van der Waals surface area contributed by atoms with Gasteiger partial charge < -0.3 is 9.15 Å². The van der Waals surface area contributed by atoms with Gasteiger partial charge in [0.25, 0.3) is 9.68 Å². The van der Waals surface area contributed by atoms with Crippen LogP contribution in [0, 0.1) is 0 Å². The SMILES string of the molecule is CCCCOc1ccc(C=Cc2nnc(C(Cl)(Cl)Cl)o2)cc1.c1ccc(-c2c3ccccc3nc3ccccc23)cc1. The molecule has 8 heteroatoms. The van der Waals surface area contributed by atoms with E-state index in [2.05, 4.69) is 83.9 Å². The normalized spacial score (nSPS) is 11.5. The van der Waals surface area contributed by atoms with Crippen molar-refractivity contribution < 1.29 is 9.15 Å². The summed E-state index contributed by atoms with van der Waals surface area (Å²) in [5, 5.41) is 9.87. The lowest BCUT2D eigenvalue weighted by Gasteiger charge is -2.10. The first-order valence-corrected chi connectivity index (χ1v) is 14.7. The Bertz CT molecular complexity index is 1730. The van der Waals surface area contributed by atoms with Gasteiger partial charge in [-0.15, -0.1) is 10.2 Å². The third-order valence-electron chi connectivity index (χ3n) is 6.40. The molecule has 2 heterocycles. The zero-order valence-corrected chi connectivity index (χ0v) is 25.2. The molecule has 0 saturated heterocycles. The van der Waals surface area contributed by atoms with Crippen LogP contribution in [0.3, 0.4) is 0 Å². The molecular weight excluding hydrogens is 589 g/mol. The van der Waals surface area contributed by atoms with Gasteiger partial charge in [0.15, 0.2) is 0 Å². The summed E-state index contributed by atoms with van der Waals surface area (Å²) in [6, 6.07) is 34.9. The minimum atomic E-state index is -1.71. The molecule has 0 amide bonds. The summed E-state index contributed by atoms with van der Waals surface area (Å²) in [5.74, 6) is 1.06. The number of hydrogen-bond acceptors (Lipinski definition) is 5. The average molecular weight is 617 g/mol. The first-order chi connectivity index (χ1) is 20.4. The Kier molecular flexibility index (Phi) is 9.75. The lowest BCUT2D eigenvalue weighted by molar-refractivity contribution is 0.309. The molecular formula is C34H28Cl3N3O2. The first kappa shape index (κ1) is 29.6. The largest absolute Gasteiger partial charge is 0.494 e. The van der Waals surface area contributed by atoms with Crippen LogP contribution < -0.4 is 4.74 Å². The summed E-state index contributed by atoms with van der Waals surface area (Å²) in [5.41, 5.74) is 5.57. The highest BCUT2D eigenvalue weighted by Crippen LogP contribution is 2.37. The highest BCUT2D eigenvalue weighted by molar-refractivity contribution is 6.66. The number of halogens is 3. The minimum Gasteiger partial charge on any atom is -0.494 e. The third-order valence-corrected chi connectivity index (χ3v) is 6.88. The van der Waals surface area contributed by atoms with Crippen molar-refractivity contribution in [3.8, 4) is 16.9 Å². The van der Waals surface area contributed by atoms with Crippen molar-refractivity contribution in [2.45, 2.75) is 23.6 Å². The highest BCUT2D eigenvalue weighted by Gasteiger charge is 2.29. The Morgan fingerprint density at radius 1 is 0.738 bits per heavy atom. The fraction of sp³-hybridized carbons (Fsp3) is 0.147. The number of pyridine rings is 1. The van der Waals surface area contributed by atoms with Crippen LogP contribution in [0.4, 0.5) is 0 Å². The number of ether oxygens (including phenoxy) is 1. The van der Waals surface area contributed by atoms with E-state index in [0.29, 0.717) is 0 Å². The second-order valence-corrected chi connectivity index (χ2v) is 11.7. The van der Waals surface area contributed by atoms with Crippen molar-refractivity contribution in [3.63, 3.8) is 0 Å². The molecule has 0 fully saturated rings. The molecule has 6 rings (SSSR count). The zero-order valence-electron chi connectivity index (χ0n) is 22.9. The van der Waals surface area contributed by atoms with Gasteiger partial charge >= 0.3 is 0 Å². The topological polar surface area (TPSA) is 61.0 Å². The van der Waals surface area contributed by atoms with Gasteiger partial charge in [-0.25, -0.2) is 4.98 Å². The lowest BCUT2D eigenvalue weighted by atomic mass is 9.96. The zero-order chi connectivity index (χ0) is 29.4. The molecule has 4 aromatic carbocycles. The number of alkyl halides is 3. The van der Waals surface area contributed by atoms with Gasteiger partial charge in [-0.1, -0.05) is 127 Å². The van der Waals surface area contributed by atoms with E-state index in [-0.39, 0.29) is 11.8 Å². The van der Waals surface area contributed by atoms with Crippen LogP contribution in [-0.2, 0) is 3.79 Å². The molecule has 212 valence electrons. The van der Waals surface area contributed by atoms with Gasteiger partial charge in [0, 0.05) is 22.4 Å². The van der Waals surface area contributed by atoms with Crippen LogP contribution >= 0.6 is 34.8 Å². The Balaban J connectivity index is 0.000000168. The second kappa shape index (κ2) is 13.8. The van der Waals surface area contributed by atoms with E-state index >= 15 is 0 Å². The monoisotopic (exact) mass is 615 g/mol. The van der Waals surface area contributed by atoms with Gasteiger partial charge in [0.2, 0.25) is 5.89 Å². The summed E-state index contributed by atoms with van der Waals surface area (Å²) in [6.07, 6.45) is 5.64. The Morgan fingerprint density at radius 3 is 1.95 bits per heavy atom. The molecule has 0 aliphatic heterocycles. The second-order valence-electron chi connectivity index (χ2n) is 9.43. The smallest absolute Gasteiger partial charge is 0.268 e. The fourth-order valence-corrected chi connectivity index (χ4v) is 4.58. The number of fused-ring (bicyclic) bond motifs is 2. The Hall–Kier alpha value is -3.90. The summed E-state index contributed by atoms with van der Waals surface area (Å²) in [6.45, 7) is 2.86. The lowest BCUT2D eigenvalue weighted by Crippen LogP contribution is -1.99. The summed E-state index contributed by atoms with van der Waals surface area (Å²) in [4.78, 5) is 4.76. The van der Waals surface area contributed by atoms with Crippen LogP contribution in [0.15, 0.2) is 108 Å². The highest BCUT2D eigenvalue weighted by atomic mass is 35.6. The third kappa shape index (κ3) is 7.48. The van der Waals surface area contributed by atoms with Crippen molar-refractivity contribution in [1.82, 2.24) is 15.2 Å². The number of hydrogen-bond donors (Lipinski definition) is 0. The van der Waals surface area contributed by atoms with E-state index in [9.17, 15) is 0 Å². The van der Waals surface area contributed by atoms with Gasteiger partial charge in [-0.05, 0) is 47.9 Å². The van der Waals surface area contributed by atoms with Crippen LogP contribution in [-0.4, -0.2) is 21.8 Å². The number of nitrogens with zero attached hydrogens (tertiary/aromatic N) is 3. The van der Waals surface area contributed by atoms with Crippen LogP contribution in [0.25, 0.3) is 45.1 Å². The molecule has 6 aromatic rings. The van der Waals surface area contributed by atoms with E-state index in [1.165, 1.54) is 21.9 Å². The number of para-hydroxylation sites is 2.